The van der Waals surface area contributed by atoms with Gasteiger partial charge in [-0.15, -0.1) is 0 Å². The fourth-order valence-electron chi connectivity index (χ4n) is 3.26. The molecule has 1 atom stereocenters. The van der Waals surface area contributed by atoms with Crippen LogP contribution in [-0.4, -0.2) is 39.9 Å². The summed E-state index contributed by atoms with van der Waals surface area (Å²) in [7, 11) is -3.55. The zero-order valence-corrected chi connectivity index (χ0v) is 17.7. The largest absolute Gasteiger partial charge is 0.494 e. The highest BCUT2D eigenvalue weighted by Crippen LogP contribution is 2.28. The summed E-state index contributed by atoms with van der Waals surface area (Å²) in [5.74, 6) is -0.165. The van der Waals surface area contributed by atoms with Gasteiger partial charge in [-0.25, -0.2) is 13.1 Å². The molecule has 0 unspecified atom stereocenters. The van der Waals surface area contributed by atoms with Crippen LogP contribution in [0.1, 0.15) is 20.3 Å². The molecule has 0 saturated carbocycles. The summed E-state index contributed by atoms with van der Waals surface area (Å²) < 4.78 is 31.8. The van der Waals surface area contributed by atoms with Crippen LogP contribution in [0.25, 0.3) is 0 Å². The number of carbonyl (C=O) groups excluding carboxylic acids is 2. The van der Waals surface area contributed by atoms with Gasteiger partial charge in [-0.05, 0) is 55.5 Å². The fourth-order valence-corrected chi connectivity index (χ4v) is 4.30. The normalized spacial score (nSPS) is 16.5. The number of nitrogens with zero attached hydrogens (tertiary/aromatic N) is 1. The molecule has 2 aromatic carbocycles. The molecule has 2 amide bonds. The second kappa shape index (κ2) is 9.27. The molecule has 1 aliphatic heterocycles. The third-order valence-electron chi connectivity index (χ3n) is 4.72. The first-order chi connectivity index (χ1) is 14.3. The van der Waals surface area contributed by atoms with E-state index in [0.29, 0.717) is 18.8 Å². The van der Waals surface area contributed by atoms with Crippen LogP contribution in [0.3, 0.4) is 0 Å². The van der Waals surface area contributed by atoms with Gasteiger partial charge in [-0.2, -0.15) is 0 Å². The number of sulfonamides is 1. The first-order valence-electron chi connectivity index (χ1n) is 9.78. The van der Waals surface area contributed by atoms with Gasteiger partial charge in [0.15, 0.2) is 0 Å². The summed E-state index contributed by atoms with van der Waals surface area (Å²) in [6.07, 6.45) is 0.117. The van der Waals surface area contributed by atoms with E-state index in [-0.39, 0.29) is 29.7 Å². The number of rotatable bonds is 8. The Morgan fingerprint density at radius 2 is 1.77 bits per heavy atom. The molecule has 1 saturated heterocycles. The summed E-state index contributed by atoms with van der Waals surface area (Å²) in [6, 6.07) is 13.1. The second-order valence-electron chi connectivity index (χ2n) is 6.85. The van der Waals surface area contributed by atoms with Gasteiger partial charge < -0.3 is 15.0 Å². The Kier molecular flexibility index (Phi) is 6.73. The van der Waals surface area contributed by atoms with E-state index in [1.54, 1.807) is 36.1 Å². The lowest BCUT2D eigenvalue weighted by Gasteiger charge is -2.17. The minimum Gasteiger partial charge on any atom is -0.494 e. The molecule has 0 aliphatic carbocycles. The molecule has 0 spiro atoms. The van der Waals surface area contributed by atoms with E-state index >= 15 is 0 Å². The average molecular weight is 432 g/mol. The third kappa shape index (κ3) is 4.98. The van der Waals surface area contributed by atoms with Gasteiger partial charge >= 0.3 is 0 Å². The highest BCUT2D eigenvalue weighted by Gasteiger charge is 2.35. The van der Waals surface area contributed by atoms with Crippen molar-refractivity contribution in [1.29, 1.82) is 0 Å². The molecule has 8 nitrogen and oxygen atoms in total. The van der Waals surface area contributed by atoms with Gasteiger partial charge in [-0.3, -0.25) is 9.59 Å². The fraction of sp³-hybridized carbons (Fsp3) is 0.333. The van der Waals surface area contributed by atoms with Crippen LogP contribution in [0.4, 0.5) is 11.4 Å². The van der Waals surface area contributed by atoms with E-state index in [1.807, 2.05) is 6.92 Å². The molecular formula is C21H25N3O5S. The van der Waals surface area contributed by atoms with Gasteiger partial charge in [0.05, 0.1) is 17.4 Å². The maximum Gasteiger partial charge on any atom is 0.240 e. The lowest BCUT2D eigenvalue weighted by molar-refractivity contribution is -0.122. The van der Waals surface area contributed by atoms with Crippen LogP contribution in [0.2, 0.25) is 0 Å². The number of anilines is 2. The molecule has 3 rings (SSSR count). The van der Waals surface area contributed by atoms with E-state index in [0.717, 1.165) is 11.4 Å². The number of hydrogen-bond acceptors (Lipinski definition) is 5. The van der Waals surface area contributed by atoms with Crippen molar-refractivity contribution in [2.24, 2.45) is 5.92 Å². The molecule has 1 aliphatic rings. The van der Waals surface area contributed by atoms with Gasteiger partial charge in [0.25, 0.3) is 0 Å². The summed E-state index contributed by atoms with van der Waals surface area (Å²) in [5, 5.41) is 2.76. The van der Waals surface area contributed by atoms with E-state index < -0.39 is 15.9 Å². The topological polar surface area (TPSA) is 105 Å². The van der Waals surface area contributed by atoms with Crippen molar-refractivity contribution in [1.82, 2.24) is 4.72 Å². The molecule has 1 fully saturated rings. The van der Waals surface area contributed by atoms with Crippen molar-refractivity contribution in [2.75, 3.05) is 29.9 Å². The van der Waals surface area contributed by atoms with E-state index in [2.05, 4.69) is 10.0 Å². The Morgan fingerprint density at radius 1 is 1.10 bits per heavy atom. The van der Waals surface area contributed by atoms with Crippen LogP contribution in [0, 0.1) is 5.92 Å². The lowest BCUT2D eigenvalue weighted by atomic mass is 10.1. The Morgan fingerprint density at radius 3 is 2.37 bits per heavy atom. The lowest BCUT2D eigenvalue weighted by Crippen LogP contribution is -2.28. The number of benzene rings is 2. The summed E-state index contributed by atoms with van der Waals surface area (Å²) >= 11 is 0. The third-order valence-corrected chi connectivity index (χ3v) is 6.28. The highest BCUT2D eigenvalue weighted by atomic mass is 32.2. The van der Waals surface area contributed by atoms with Crippen molar-refractivity contribution in [3.8, 4) is 5.75 Å². The van der Waals surface area contributed by atoms with Crippen LogP contribution < -0.4 is 19.7 Å². The van der Waals surface area contributed by atoms with Crippen molar-refractivity contribution < 1.29 is 22.7 Å². The van der Waals surface area contributed by atoms with Gasteiger partial charge in [0.2, 0.25) is 21.8 Å². The molecule has 9 heteroatoms. The molecule has 160 valence electrons. The highest BCUT2D eigenvalue weighted by molar-refractivity contribution is 7.89. The number of carbonyl (C=O) groups is 2. The van der Waals surface area contributed by atoms with Crippen molar-refractivity contribution in [3.05, 3.63) is 48.5 Å². The van der Waals surface area contributed by atoms with Crippen LogP contribution in [0.5, 0.6) is 5.75 Å². The predicted molar refractivity (Wildman–Crippen MR) is 114 cm³/mol. The zero-order chi connectivity index (χ0) is 21.7. The monoisotopic (exact) mass is 431 g/mol. The maximum atomic E-state index is 12.6. The Balaban J connectivity index is 1.63. The average Bonchev–Trinajstić information content (AvgIpc) is 3.11. The summed E-state index contributed by atoms with van der Waals surface area (Å²) in [4.78, 5) is 26.7. The van der Waals surface area contributed by atoms with Crippen LogP contribution >= 0.6 is 0 Å². The van der Waals surface area contributed by atoms with E-state index in [4.69, 9.17) is 4.74 Å². The minimum absolute atomic E-state index is 0.117. The molecule has 2 N–H and O–H groups in total. The van der Waals surface area contributed by atoms with E-state index in [1.165, 1.54) is 24.3 Å². The Labute approximate surface area is 176 Å². The standard InChI is InChI=1S/C21H25N3O5S/c1-3-22-30(27,28)19-11-5-16(6-12-19)23-21(26)15-13-20(25)24(14-15)17-7-9-18(10-8-17)29-4-2/h5-12,15,22H,3-4,13-14H2,1-2H3,(H,23,26)/t15-/m1/s1. The number of amides is 2. The van der Waals surface area contributed by atoms with Crippen LogP contribution in [-0.2, 0) is 19.6 Å². The zero-order valence-electron chi connectivity index (χ0n) is 16.9. The van der Waals surface area contributed by atoms with Gasteiger partial charge in [-0.1, -0.05) is 6.92 Å². The number of hydrogen-bond donors (Lipinski definition) is 2. The number of ether oxygens (including phenoxy) is 1. The molecule has 0 aromatic heterocycles. The molecule has 0 radical (unpaired) electrons. The first kappa shape index (κ1) is 21.8. The molecule has 30 heavy (non-hydrogen) atoms. The first-order valence-corrected chi connectivity index (χ1v) is 11.3. The SMILES string of the molecule is CCNS(=O)(=O)c1ccc(NC(=O)[C@@H]2CC(=O)N(c3ccc(OCC)cc3)C2)cc1. The summed E-state index contributed by atoms with van der Waals surface area (Å²) in [6.45, 7) is 4.74. The smallest absolute Gasteiger partial charge is 0.240 e. The Bertz CT molecular complexity index is 1000. The van der Waals surface area contributed by atoms with Crippen LogP contribution in [0.15, 0.2) is 53.4 Å². The predicted octanol–water partition coefficient (Wildman–Crippen LogP) is 2.38. The number of nitrogens with one attached hydrogen (secondary N) is 2. The van der Waals surface area contributed by atoms with Crippen molar-refractivity contribution in [2.45, 2.75) is 25.2 Å². The second-order valence-corrected chi connectivity index (χ2v) is 8.61. The molecule has 1 heterocycles. The molecule has 2 aromatic rings. The molecular weight excluding hydrogens is 406 g/mol. The van der Waals surface area contributed by atoms with Crippen molar-refractivity contribution >= 4 is 33.2 Å². The summed E-state index contributed by atoms with van der Waals surface area (Å²) in [5.41, 5.74) is 1.19. The van der Waals surface area contributed by atoms with E-state index in [9.17, 15) is 18.0 Å². The van der Waals surface area contributed by atoms with Gasteiger partial charge in [0.1, 0.15) is 5.75 Å². The maximum absolute atomic E-state index is 12.6. The minimum atomic E-state index is -3.55. The Hall–Kier alpha value is -2.91. The quantitative estimate of drug-likeness (QED) is 0.668. The van der Waals surface area contributed by atoms with Gasteiger partial charge in [0, 0.05) is 30.9 Å². The van der Waals surface area contributed by atoms with Crippen molar-refractivity contribution in [3.63, 3.8) is 0 Å². The molecule has 0 bridgehead atoms.